The van der Waals surface area contributed by atoms with Crippen LogP contribution in [0.1, 0.15) is 21.5 Å². The minimum absolute atomic E-state index is 0.0116. The van der Waals surface area contributed by atoms with Crippen molar-refractivity contribution in [1.82, 2.24) is 0 Å². The van der Waals surface area contributed by atoms with Crippen LogP contribution in [0.4, 0.5) is 11.4 Å². The SMILES string of the molecule is Cc1c(NC(=O)c2ccc(CBr)cc2)cccc1[N+](=O)[O-]. The Morgan fingerprint density at radius 3 is 2.48 bits per heavy atom. The van der Waals surface area contributed by atoms with Crippen LogP contribution in [0.2, 0.25) is 0 Å². The smallest absolute Gasteiger partial charge is 0.274 e. The molecule has 108 valence electrons. The van der Waals surface area contributed by atoms with Crippen LogP contribution in [-0.4, -0.2) is 10.8 Å². The summed E-state index contributed by atoms with van der Waals surface area (Å²) >= 11 is 3.34. The lowest BCUT2D eigenvalue weighted by Crippen LogP contribution is -2.13. The van der Waals surface area contributed by atoms with E-state index in [1.165, 1.54) is 6.07 Å². The number of benzene rings is 2. The van der Waals surface area contributed by atoms with Crippen molar-refractivity contribution >= 4 is 33.2 Å². The van der Waals surface area contributed by atoms with Crippen LogP contribution >= 0.6 is 15.9 Å². The first-order valence-electron chi connectivity index (χ1n) is 6.23. The molecule has 1 amide bonds. The fraction of sp³-hybridized carbons (Fsp3) is 0.133. The minimum Gasteiger partial charge on any atom is -0.321 e. The Kier molecular flexibility index (Phi) is 4.70. The fourth-order valence-electron chi connectivity index (χ4n) is 1.90. The molecule has 2 aromatic rings. The zero-order chi connectivity index (χ0) is 15.4. The molecule has 0 spiro atoms. The number of anilines is 1. The van der Waals surface area contributed by atoms with Gasteiger partial charge in [0.1, 0.15) is 0 Å². The van der Waals surface area contributed by atoms with E-state index in [0.29, 0.717) is 16.8 Å². The lowest BCUT2D eigenvalue weighted by Gasteiger charge is -2.09. The first-order valence-corrected chi connectivity index (χ1v) is 7.35. The van der Waals surface area contributed by atoms with E-state index < -0.39 is 4.92 Å². The summed E-state index contributed by atoms with van der Waals surface area (Å²) in [5, 5.41) is 14.3. The Bertz CT molecular complexity index is 684. The van der Waals surface area contributed by atoms with Crippen LogP contribution < -0.4 is 5.32 Å². The average Bonchev–Trinajstić information content (AvgIpc) is 2.49. The van der Waals surface area contributed by atoms with Gasteiger partial charge in [-0.3, -0.25) is 14.9 Å². The van der Waals surface area contributed by atoms with Gasteiger partial charge < -0.3 is 5.32 Å². The van der Waals surface area contributed by atoms with Crippen LogP contribution in [0.3, 0.4) is 0 Å². The highest BCUT2D eigenvalue weighted by atomic mass is 79.9. The van der Waals surface area contributed by atoms with Gasteiger partial charge in [-0.15, -0.1) is 0 Å². The highest BCUT2D eigenvalue weighted by molar-refractivity contribution is 9.08. The molecular formula is C15H13BrN2O3. The van der Waals surface area contributed by atoms with Crippen molar-refractivity contribution in [3.8, 4) is 0 Å². The summed E-state index contributed by atoms with van der Waals surface area (Å²) in [6, 6.07) is 11.8. The number of rotatable bonds is 4. The third-order valence-electron chi connectivity index (χ3n) is 3.12. The molecule has 21 heavy (non-hydrogen) atoms. The molecule has 0 unspecified atom stereocenters. The molecule has 0 aliphatic carbocycles. The van der Waals surface area contributed by atoms with Gasteiger partial charge >= 0.3 is 0 Å². The van der Waals surface area contributed by atoms with Gasteiger partial charge in [-0.25, -0.2) is 0 Å². The molecule has 5 nitrogen and oxygen atoms in total. The summed E-state index contributed by atoms with van der Waals surface area (Å²) < 4.78 is 0. The molecule has 6 heteroatoms. The van der Waals surface area contributed by atoms with E-state index in [9.17, 15) is 14.9 Å². The maximum atomic E-state index is 12.2. The molecule has 0 heterocycles. The van der Waals surface area contributed by atoms with Gasteiger partial charge in [0.15, 0.2) is 0 Å². The monoisotopic (exact) mass is 348 g/mol. The van der Waals surface area contributed by atoms with Gasteiger partial charge in [0, 0.05) is 17.0 Å². The molecule has 0 saturated carbocycles. The number of nitro benzene ring substituents is 1. The lowest BCUT2D eigenvalue weighted by atomic mass is 10.1. The highest BCUT2D eigenvalue weighted by Gasteiger charge is 2.15. The van der Waals surface area contributed by atoms with E-state index in [1.54, 1.807) is 31.2 Å². The van der Waals surface area contributed by atoms with Crippen LogP contribution in [0, 0.1) is 17.0 Å². The first-order chi connectivity index (χ1) is 10.0. The number of carbonyl (C=O) groups excluding carboxylic acids is 1. The van der Waals surface area contributed by atoms with E-state index in [-0.39, 0.29) is 11.6 Å². The van der Waals surface area contributed by atoms with Crippen molar-refractivity contribution in [3.05, 3.63) is 69.3 Å². The van der Waals surface area contributed by atoms with Gasteiger partial charge in [0.05, 0.1) is 16.2 Å². The Balaban J connectivity index is 2.23. The zero-order valence-corrected chi connectivity index (χ0v) is 12.9. The van der Waals surface area contributed by atoms with Gasteiger partial charge in [-0.05, 0) is 30.7 Å². The summed E-state index contributed by atoms with van der Waals surface area (Å²) in [5.41, 5.74) is 2.44. The Labute approximate surface area is 130 Å². The number of amides is 1. The van der Waals surface area contributed by atoms with Crippen molar-refractivity contribution in [2.45, 2.75) is 12.3 Å². The molecule has 0 aromatic heterocycles. The molecular weight excluding hydrogens is 336 g/mol. The number of hydrogen-bond acceptors (Lipinski definition) is 3. The normalized spacial score (nSPS) is 10.2. The molecule has 0 fully saturated rings. The molecule has 2 aromatic carbocycles. The number of halogens is 1. The van der Waals surface area contributed by atoms with Gasteiger partial charge in [0.25, 0.3) is 11.6 Å². The summed E-state index contributed by atoms with van der Waals surface area (Å²) in [5.74, 6) is -0.292. The van der Waals surface area contributed by atoms with Crippen LogP contribution in [0.15, 0.2) is 42.5 Å². The number of carbonyl (C=O) groups is 1. The van der Waals surface area contributed by atoms with Gasteiger partial charge in [-0.1, -0.05) is 34.1 Å². The summed E-state index contributed by atoms with van der Waals surface area (Å²) in [6.07, 6.45) is 0. The van der Waals surface area contributed by atoms with E-state index in [0.717, 1.165) is 10.9 Å². The summed E-state index contributed by atoms with van der Waals surface area (Å²) in [7, 11) is 0. The summed E-state index contributed by atoms with van der Waals surface area (Å²) in [6.45, 7) is 1.61. The molecule has 0 radical (unpaired) electrons. The Morgan fingerprint density at radius 2 is 1.90 bits per heavy atom. The molecule has 1 N–H and O–H groups in total. The first kappa shape index (κ1) is 15.2. The van der Waals surface area contributed by atoms with E-state index in [2.05, 4.69) is 21.2 Å². The topological polar surface area (TPSA) is 72.2 Å². The molecule has 2 rings (SSSR count). The van der Waals surface area contributed by atoms with Crippen molar-refractivity contribution < 1.29 is 9.72 Å². The third-order valence-corrected chi connectivity index (χ3v) is 3.77. The van der Waals surface area contributed by atoms with E-state index in [1.807, 2.05) is 12.1 Å². The Hall–Kier alpha value is -2.21. The Morgan fingerprint density at radius 1 is 1.24 bits per heavy atom. The van der Waals surface area contributed by atoms with Crippen LogP contribution in [-0.2, 0) is 5.33 Å². The number of nitrogens with zero attached hydrogens (tertiary/aromatic N) is 1. The molecule has 0 bridgehead atoms. The molecule has 0 saturated heterocycles. The average molecular weight is 349 g/mol. The second kappa shape index (κ2) is 6.49. The highest BCUT2D eigenvalue weighted by Crippen LogP contribution is 2.25. The number of hydrogen-bond donors (Lipinski definition) is 1. The quantitative estimate of drug-likeness (QED) is 0.514. The molecule has 0 aliphatic heterocycles. The number of alkyl halides is 1. The van der Waals surface area contributed by atoms with Gasteiger partial charge in [-0.2, -0.15) is 0 Å². The van der Waals surface area contributed by atoms with Gasteiger partial charge in [0.2, 0.25) is 0 Å². The van der Waals surface area contributed by atoms with E-state index in [4.69, 9.17) is 0 Å². The molecule has 0 aliphatic rings. The van der Waals surface area contributed by atoms with Crippen molar-refractivity contribution in [2.75, 3.05) is 5.32 Å². The second-order valence-electron chi connectivity index (χ2n) is 4.49. The predicted molar refractivity (Wildman–Crippen MR) is 84.9 cm³/mol. The second-order valence-corrected chi connectivity index (χ2v) is 5.05. The number of nitrogens with one attached hydrogen (secondary N) is 1. The van der Waals surface area contributed by atoms with Crippen LogP contribution in [0.5, 0.6) is 0 Å². The van der Waals surface area contributed by atoms with Crippen molar-refractivity contribution in [1.29, 1.82) is 0 Å². The van der Waals surface area contributed by atoms with Crippen molar-refractivity contribution in [3.63, 3.8) is 0 Å². The lowest BCUT2D eigenvalue weighted by molar-refractivity contribution is -0.385. The third kappa shape index (κ3) is 3.46. The van der Waals surface area contributed by atoms with Crippen molar-refractivity contribution in [2.24, 2.45) is 0 Å². The zero-order valence-electron chi connectivity index (χ0n) is 11.3. The van der Waals surface area contributed by atoms with E-state index >= 15 is 0 Å². The largest absolute Gasteiger partial charge is 0.321 e. The minimum atomic E-state index is -0.463. The molecule has 0 atom stereocenters. The number of nitro groups is 1. The maximum Gasteiger partial charge on any atom is 0.274 e. The summed E-state index contributed by atoms with van der Waals surface area (Å²) in [4.78, 5) is 22.6. The fourth-order valence-corrected chi connectivity index (χ4v) is 2.27. The van der Waals surface area contributed by atoms with Crippen LogP contribution in [0.25, 0.3) is 0 Å². The maximum absolute atomic E-state index is 12.2. The standard InChI is InChI=1S/C15H13BrN2O3/c1-10-13(3-2-4-14(10)18(20)21)17-15(19)12-7-5-11(9-16)6-8-12/h2-8H,9H2,1H3,(H,17,19). The predicted octanol–water partition coefficient (Wildman–Crippen LogP) is 4.05.